The van der Waals surface area contributed by atoms with Crippen molar-refractivity contribution in [2.24, 2.45) is 0 Å². The van der Waals surface area contributed by atoms with Gasteiger partial charge in [0.05, 0.1) is 7.11 Å². The van der Waals surface area contributed by atoms with Crippen molar-refractivity contribution in [2.75, 3.05) is 51.4 Å². The van der Waals surface area contributed by atoms with Gasteiger partial charge >= 0.3 is 5.97 Å². The average Bonchev–Trinajstić information content (AvgIpc) is 2.62. The molecule has 2 aliphatic rings. The van der Waals surface area contributed by atoms with Crippen LogP contribution in [0.1, 0.15) is 23.3 Å². The van der Waals surface area contributed by atoms with E-state index in [9.17, 15) is 4.79 Å². The largest absolute Gasteiger partial charge is 0.464 e. The number of anilines is 1. The summed E-state index contributed by atoms with van der Waals surface area (Å²) in [4.78, 5) is 16.1. The molecule has 0 saturated carbocycles. The molecule has 0 aliphatic carbocycles. The first-order valence-electron chi connectivity index (χ1n) is 7.76. The molecule has 2 aliphatic heterocycles. The Kier molecular flexibility index (Phi) is 4.84. The summed E-state index contributed by atoms with van der Waals surface area (Å²) in [6.07, 6.45) is 2.27. The highest BCUT2D eigenvalue weighted by Crippen LogP contribution is 2.19. The molecule has 0 aromatic carbocycles. The van der Waals surface area contributed by atoms with Crippen molar-refractivity contribution in [3.05, 3.63) is 17.8 Å². The Hall–Kier alpha value is -1.73. The summed E-state index contributed by atoms with van der Waals surface area (Å²) in [5.41, 5.74) is 0.243. The number of piperazine rings is 1. The van der Waals surface area contributed by atoms with Crippen LogP contribution in [0.2, 0.25) is 0 Å². The minimum Gasteiger partial charge on any atom is -0.464 e. The molecule has 2 saturated heterocycles. The number of rotatable bonds is 3. The summed E-state index contributed by atoms with van der Waals surface area (Å²) < 4.78 is 10.1. The number of esters is 1. The molecule has 7 heteroatoms. The Morgan fingerprint density at radius 2 is 1.91 bits per heavy atom. The van der Waals surface area contributed by atoms with Crippen molar-refractivity contribution in [3.8, 4) is 0 Å². The molecule has 3 heterocycles. The first-order valence-corrected chi connectivity index (χ1v) is 7.76. The van der Waals surface area contributed by atoms with Crippen LogP contribution in [0.5, 0.6) is 0 Å². The van der Waals surface area contributed by atoms with Crippen LogP contribution in [0, 0.1) is 0 Å². The molecule has 7 nitrogen and oxygen atoms in total. The van der Waals surface area contributed by atoms with Crippen LogP contribution in [-0.4, -0.2) is 73.6 Å². The van der Waals surface area contributed by atoms with E-state index in [0.29, 0.717) is 6.04 Å². The third kappa shape index (κ3) is 3.36. The minimum atomic E-state index is -0.455. The summed E-state index contributed by atoms with van der Waals surface area (Å²) in [7, 11) is 1.34. The average molecular weight is 306 g/mol. The fraction of sp³-hybridized carbons (Fsp3) is 0.667. The highest BCUT2D eigenvalue weighted by atomic mass is 16.5. The lowest BCUT2D eigenvalue weighted by molar-refractivity contribution is 0.0320. The fourth-order valence-electron chi connectivity index (χ4n) is 3.07. The molecule has 0 bridgehead atoms. The molecule has 0 N–H and O–H groups in total. The molecule has 0 atom stereocenters. The highest BCUT2D eigenvalue weighted by molar-refractivity contribution is 5.86. The maximum atomic E-state index is 11.4. The van der Waals surface area contributed by atoms with Gasteiger partial charge in [-0.2, -0.15) is 0 Å². The van der Waals surface area contributed by atoms with Gasteiger partial charge in [-0.05, 0) is 25.0 Å². The zero-order valence-corrected chi connectivity index (χ0v) is 12.9. The second-order valence-corrected chi connectivity index (χ2v) is 5.63. The third-order valence-electron chi connectivity index (χ3n) is 4.39. The maximum Gasteiger partial charge on any atom is 0.358 e. The molecule has 2 fully saturated rings. The topological polar surface area (TPSA) is 67.8 Å². The van der Waals surface area contributed by atoms with Gasteiger partial charge in [-0.25, -0.2) is 4.79 Å². The van der Waals surface area contributed by atoms with Gasteiger partial charge in [0.25, 0.3) is 0 Å². The number of ether oxygens (including phenoxy) is 2. The summed E-state index contributed by atoms with van der Waals surface area (Å²) >= 11 is 0. The predicted molar refractivity (Wildman–Crippen MR) is 81.0 cm³/mol. The maximum absolute atomic E-state index is 11.4. The summed E-state index contributed by atoms with van der Waals surface area (Å²) in [5, 5.41) is 8.08. The molecular weight excluding hydrogens is 284 g/mol. The molecule has 0 radical (unpaired) electrons. The Labute approximate surface area is 130 Å². The van der Waals surface area contributed by atoms with Crippen LogP contribution < -0.4 is 4.90 Å². The Morgan fingerprint density at radius 1 is 1.18 bits per heavy atom. The Balaban J connectivity index is 1.55. The lowest BCUT2D eigenvalue weighted by Gasteiger charge is -2.40. The Morgan fingerprint density at radius 3 is 2.50 bits per heavy atom. The van der Waals surface area contributed by atoms with Crippen molar-refractivity contribution in [1.29, 1.82) is 0 Å². The van der Waals surface area contributed by atoms with E-state index >= 15 is 0 Å². The number of hydrogen-bond acceptors (Lipinski definition) is 7. The molecule has 0 amide bonds. The van der Waals surface area contributed by atoms with Crippen LogP contribution in [0.3, 0.4) is 0 Å². The number of carbonyl (C=O) groups is 1. The SMILES string of the molecule is COC(=O)c1ccc(N2CCN(C3CCOCC3)CC2)nn1. The standard InChI is InChI=1S/C15H22N4O3/c1-21-15(20)13-2-3-14(17-16-13)19-8-6-18(7-9-19)12-4-10-22-11-5-12/h2-3,12H,4-11H2,1H3. The fourth-order valence-corrected chi connectivity index (χ4v) is 3.07. The van der Waals surface area contributed by atoms with E-state index < -0.39 is 5.97 Å². The van der Waals surface area contributed by atoms with Crippen molar-refractivity contribution in [2.45, 2.75) is 18.9 Å². The van der Waals surface area contributed by atoms with Gasteiger partial charge in [-0.1, -0.05) is 0 Å². The second-order valence-electron chi connectivity index (χ2n) is 5.63. The molecule has 0 spiro atoms. The molecule has 1 aromatic rings. The monoisotopic (exact) mass is 306 g/mol. The van der Waals surface area contributed by atoms with Crippen molar-refractivity contribution < 1.29 is 14.3 Å². The minimum absolute atomic E-state index is 0.243. The van der Waals surface area contributed by atoms with E-state index in [1.807, 2.05) is 6.07 Å². The molecule has 22 heavy (non-hydrogen) atoms. The summed E-state index contributed by atoms with van der Waals surface area (Å²) in [5.74, 6) is 0.364. The number of methoxy groups -OCH3 is 1. The lowest BCUT2D eigenvalue weighted by atomic mass is 10.1. The Bertz CT molecular complexity index is 494. The number of aromatic nitrogens is 2. The number of carbonyl (C=O) groups excluding carboxylic acids is 1. The van der Waals surface area contributed by atoms with Gasteiger partial charge < -0.3 is 14.4 Å². The van der Waals surface area contributed by atoms with Gasteiger partial charge in [0.15, 0.2) is 11.5 Å². The molecule has 3 rings (SSSR count). The van der Waals surface area contributed by atoms with Crippen LogP contribution >= 0.6 is 0 Å². The smallest absolute Gasteiger partial charge is 0.358 e. The van der Waals surface area contributed by atoms with Crippen LogP contribution in [0.25, 0.3) is 0 Å². The zero-order valence-electron chi connectivity index (χ0n) is 12.9. The molecule has 1 aromatic heterocycles. The van der Waals surface area contributed by atoms with E-state index in [0.717, 1.165) is 58.1 Å². The van der Waals surface area contributed by atoms with E-state index in [1.54, 1.807) is 6.07 Å². The zero-order chi connectivity index (χ0) is 15.4. The van der Waals surface area contributed by atoms with E-state index in [4.69, 9.17) is 4.74 Å². The molecular formula is C15H22N4O3. The van der Waals surface area contributed by atoms with Crippen LogP contribution in [0.4, 0.5) is 5.82 Å². The first-order chi connectivity index (χ1) is 10.8. The number of nitrogens with zero attached hydrogens (tertiary/aromatic N) is 4. The van der Waals surface area contributed by atoms with Gasteiger partial charge in [-0.15, -0.1) is 10.2 Å². The van der Waals surface area contributed by atoms with Gasteiger partial charge in [-0.3, -0.25) is 4.90 Å². The van der Waals surface area contributed by atoms with E-state index in [-0.39, 0.29) is 5.69 Å². The quantitative estimate of drug-likeness (QED) is 0.756. The lowest BCUT2D eigenvalue weighted by Crippen LogP contribution is -2.51. The third-order valence-corrected chi connectivity index (χ3v) is 4.39. The summed E-state index contributed by atoms with van der Waals surface area (Å²) in [6, 6.07) is 4.16. The number of hydrogen-bond donors (Lipinski definition) is 0. The summed E-state index contributed by atoms with van der Waals surface area (Å²) in [6.45, 7) is 5.69. The van der Waals surface area contributed by atoms with Crippen LogP contribution in [-0.2, 0) is 9.47 Å². The van der Waals surface area contributed by atoms with E-state index in [2.05, 4.69) is 24.7 Å². The van der Waals surface area contributed by atoms with Crippen molar-refractivity contribution in [1.82, 2.24) is 15.1 Å². The second kappa shape index (κ2) is 7.02. The highest BCUT2D eigenvalue weighted by Gasteiger charge is 2.26. The molecule has 120 valence electrons. The van der Waals surface area contributed by atoms with Crippen molar-refractivity contribution in [3.63, 3.8) is 0 Å². The van der Waals surface area contributed by atoms with Gasteiger partial charge in [0.1, 0.15) is 0 Å². The molecule has 0 unspecified atom stereocenters. The van der Waals surface area contributed by atoms with Gasteiger partial charge in [0, 0.05) is 45.4 Å². The first kappa shape index (κ1) is 15.2. The predicted octanol–water partition coefficient (Wildman–Crippen LogP) is 0.564. The van der Waals surface area contributed by atoms with Gasteiger partial charge in [0.2, 0.25) is 0 Å². The van der Waals surface area contributed by atoms with Crippen LogP contribution in [0.15, 0.2) is 12.1 Å². The van der Waals surface area contributed by atoms with E-state index in [1.165, 1.54) is 7.11 Å². The normalized spacial score (nSPS) is 20.9. The van der Waals surface area contributed by atoms with Crippen molar-refractivity contribution >= 4 is 11.8 Å².